The molecule has 0 bridgehead atoms. The largest absolute Gasteiger partial charge is 0.391 e. The summed E-state index contributed by atoms with van der Waals surface area (Å²) in [7, 11) is 0. The molecule has 1 rings (SSSR count). The van der Waals surface area contributed by atoms with Crippen molar-refractivity contribution in [1.29, 1.82) is 0 Å². The monoisotopic (exact) mass is 198 g/mol. The van der Waals surface area contributed by atoms with Crippen molar-refractivity contribution in [3.05, 3.63) is 18.5 Å². The van der Waals surface area contributed by atoms with Crippen molar-refractivity contribution < 1.29 is 5.11 Å². The van der Waals surface area contributed by atoms with E-state index in [0.717, 1.165) is 6.42 Å². The third-order valence-corrected chi connectivity index (χ3v) is 1.70. The van der Waals surface area contributed by atoms with Crippen LogP contribution in [0.3, 0.4) is 0 Å². The van der Waals surface area contributed by atoms with Gasteiger partial charge in [0.25, 0.3) is 0 Å². The Balaban J connectivity index is 0.000000791. The molecule has 1 N–H and O–H groups in total. The van der Waals surface area contributed by atoms with Crippen molar-refractivity contribution in [3.8, 4) is 0 Å². The smallest absolute Gasteiger partial charge is 0.0738 e. The lowest BCUT2D eigenvalue weighted by molar-refractivity contribution is 0.125. The fourth-order valence-electron chi connectivity index (χ4n) is 1.24. The molecule has 1 aromatic heterocycles. The minimum absolute atomic E-state index is 0.273. The zero-order valence-corrected chi connectivity index (χ0v) is 9.64. The summed E-state index contributed by atoms with van der Waals surface area (Å²) < 4.78 is 1.76. The van der Waals surface area contributed by atoms with Crippen LogP contribution in [0.15, 0.2) is 18.5 Å². The molecule has 0 spiro atoms. The maximum atomic E-state index is 9.53. The van der Waals surface area contributed by atoms with Gasteiger partial charge >= 0.3 is 0 Å². The molecule has 1 unspecified atom stereocenters. The van der Waals surface area contributed by atoms with Crippen LogP contribution in [0.2, 0.25) is 0 Å². The highest BCUT2D eigenvalue weighted by molar-refractivity contribution is 4.78. The Kier molecular flexibility index (Phi) is 7.11. The highest BCUT2D eigenvalue weighted by atomic mass is 16.3. The molecule has 1 atom stereocenters. The molecule has 0 aliphatic carbocycles. The zero-order valence-electron chi connectivity index (χ0n) is 9.64. The summed E-state index contributed by atoms with van der Waals surface area (Å²) in [6, 6.07) is 1.86. The van der Waals surface area contributed by atoms with Gasteiger partial charge in [-0.3, -0.25) is 4.68 Å². The van der Waals surface area contributed by atoms with Gasteiger partial charge in [0.05, 0.1) is 12.6 Å². The van der Waals surface area contributed by atoms with Gasteiger partial charge in [0.2, 0.25) is 0 Å². The number of aliphatic hydroxyl groups excluding tert-OH is 1. The highest BCUT2D eigenvalue weighted by Crippen LogP contribution is 2.05. The Morgan fingerprint density at radius 3 is 2.43 bits per heavy atom. The van der Waals surface area contributed by atoms with Crippen molar-refractivity contribution in [1.82, 2.24) is 9.78 Å². The normalized spacial score (nSPS) is 12.1. The van der Waals surface area contributed by atoms with Crippen LogP contribution in [-0.4, -0.2) is 21.0 Å². The van der Waals surface area contributed by atoms with Crippen molar-refractivity contribution in [2.45, 2.75) is 46.8 Å². The van der Waals surface area contributed by atoms with E-state index >= 15 is 0 Å². The van der Waals surface area contributed by atoms with Crippen LogP contribution in [0.1, 0.15) is 34.1 Å². The van der Waals surface area contributed by atoms with E-state index in [1.54, 1.807) is 10.9 Å². The van der Waals surface area contributed by atoms with Crippen LogP contribution in [0.4, 0.5) is 0 Å². The lowest BCUT2D eigenvalue weighted by Crippen LogP contribution is -2.18. The molecule has 3 nitrogen and oxygen atoms in total. The second-order valence-corrected chi connectivity index (χ2v) is 3.51. The standard InChI is InChI=1S/C9H16N2O.C2H6/c1-8(2)6-9(12)7-11-5-3-4-10-11;1-2/h3-5,8-9,12H,6-7H2,1-2H3;1-2H3. The molecule has 0 saturated carbocycles. The number of hydrogen-bond acceptors (Lipinski definition) is 2. The average molecular weight is 198 g/mol. The number of rotatable bonds is 4. The number of hydrogen-bond donors (Lipinski definition) is 1. The summed E-state index contributed by atoms with van der Waals surface area (Å²) in [6.07, 6.45) is 4.15. The summed E-state index contributed by atoms with van der Waals surface area (Å²) in [5.74, 6) is 0.538. The Hall–Kier alpha value is -0.830. The van der Waals surface area contributed by atoms with Crippen molar-refractivity contribution in [2.75, 3.05) is 0 Å². The molecule has 0 aliphatic rings. The van der Waals surface area contributed by atoms with Gasteiger partial charge in [0, 0.05) is 12.4 Å². The Labute approximate surface area is 86.8 Å². The summed E-state index contributed by atoms with van der Waals surface area (Å²) in [5, 5.41) is 13.6. The first-order valence-electron chi connectivity index (χ1n) is 5.34. The zero-order chi connectivity index (χ0) is 11.0. The van der Waals surface area contributed by atoms with E-state index in [9.17, 15) is 5.11 Å². The van der Waals surface area contributed by atoms with E-state index in [1.807, 2.05) is 26.1 Å². The van der Waals surface area contributed by atoms with Gasteiger partial charge in [0.15, 0.2) is 0 Å². The predicted molar refractivity (Wildman–Crippen MR) is 59.0 cm³/mol. The van der Waals surface area contributed by atoms with E-state index in [2.05, 4.69) is 18.9 Å². The van der Waals surface area contributed by atoms with Crippen LogP contribution in [-0.2, 0) is 6.54 Å². The van der Waals surface area contributed by atoms with Gasteiger partial charge in [-0.1, -0.05) is 27.7 Å². The second kappa shape index (κ2) is 7.56. The molecule has 0 aliphatic heterocycles. The maximum Gasteiger partial charge on any atom is 0.0738 e. The molecule has 1 aromatic rings. The van der Waals surface area contributed by atoms with E-state index in [1.165, 1.54) is 0 Å². The van der Waals surface area contributed by atoms with E-state index < -0.39 is 0 Å². The first kappa shape index (κ1) is 13.2. The molecule has 0 fully saturated rings. The second-order valence-electron chi connectivity index (χ2n) is 3.51. The van der Waals surface area contributed by atoms with E-state index in [0.29, 0.717) is 12.5 Å². The molecule has 0 amide bonds. The van der Waals surface area contributed by atoms with Crippen LogP contribution in [0, 0.1) is 5.92 Å². The van der Waals surface area contributed by atoms with Gasteiger partial charge in [0.1, 0.15) is 0 Å². The summed E-state index contributed by atoms with van der Waals surface area (Å²) >= 11 is 0. The molecule has 0 aromatic carbocycles. The average Bonchev–Trinajstić information content (AvgIpc) is 2.59. The van der Waals surface area contributed by atoms with Crippen LogP contribution in [0.25, 0.3) is 0 Å². The van der Waals surface area contributed by atoms with E-state index in [4.69, 9.17) is 0 Å². The molecular formula is C11H22N2O. The minimum atomic E-state index is -0.273. The fraction of sp³-hybridized carbons (Fsp3) is 0.727. The molecule has 3 heteroatoms. The molecule has 1 heterocycles. The first-order valence-corrected chi connectivity index (χ1v) is 5.34. The SMILES string of the molecule is CC.CC(C)CC(O)Cn1cccn1. The van der Waals surface area contributed by atoms with Gasteiger partial charge in [-0.05, 0) is 18.4 Å². The highest BCUT2D eigenvalue weighted by Gasteiger charge is 2.06. The molecule has 82 valence electrons. The quantitative estimate of drug-likeness (QED) is 0.806. The minimum Gasteiger partial charge on any atom is -0.391 e. The summed E-state index contributed by atoms with van der Waals surface area (Å²) in [5.41, 5.74) is 0. The van der Waals surface area contributed by atoms with Crippen molar-refractivity contribution in [3.63, 3.8) is 0 Å². The molecule has 14 heavy (non-hydrogen) atoms. The number of aromatic nitrogens is 2. The number of nitrogens with zero attached hydrogens (tertiary/aromatic N) is 2. The molecule has 0 radical (unpaired) electrons. The van der Waals surface area contributed by atoms with Gasteiger partial charge in [-0.25, -0.2) is 0 Å². The topological polar surface area (TPSA) is 38.0 Å². The van der Waals surface area contributed by atoms with Crippen molar-refractivity contribution >= 4 is 0 Å². The third kappa shape index (κ3) is 5.75. The number of aliphatic hydroxyl groups is 1. The summed E-state index contributed by atoms with van der Waals surface area (Å²) in [4.78, 5) is 0. The Morgan fingerprint density at radius 2 is 2.00 bits per heavy atom. The first-order chi connectivity index (χ1) is 6.68. The maximum absolute atomic E-state index is 9.53. The van der Waals surface area contributed by atoms with Gasteiger partial charge in [-0.2, -0.15) is 5.10 Å². The lowest BCUT2D eigenvalue weighted by Gasteiger charge is -2.12. The van der Waals surface area contributed by atoms with Gasteiger partial charge < -0.3 is 5.11 Å². The summed E-state index contributed by atoms with van der Waals surface area (Å²) in [6.45, 7) is 8.81. The molecular weight excluding hydrogens is 176 g/mol. The Bertz CT molecular complexity index is 207. The predicted octanol–water partition coefficient (Wildman–Crippen LogP) is 2.32. The lowest BCUT2D eigenvalue weighted by atomic mass is 10.1. The van der Waals surface area contributed by atoms with Crippen LogP contribution >= 0.6 is 0 Å². The van der Waals surface area contributed by atoms with Crippen LogP contribution < -0.4 is 0 Å². The fourth-order valence-corrected chi connectivity index (χ4v) is 1.24. The Morgan fingerprint density at radius 1 is 1.36 bits per heavy atom. The molecule has 0 saturated heterocycles. The van der Waals surface area contributed by atoms with E-state index in [-0.39, 0.29) is 6.10 Å². The third-order valence-electron chi connectivity index (χ3n) is 1.70. The van der Waals surface area contributed by atoms with Crippen LogP contribution in [0.5, 0.6) is 0 Å². The van der Waals surface area contributed by atoms with Gasteiger partial charge in [-0.15, -0.1) is 0 Å². The van der Waals surface area contributed by atoms with Crippen molar-refractivity contribution in [2.24, 2.45) is 5.92 Å².